The summed E-state index contributed by atoms with van der Waals surface area (Å²) < 4.78 is 2.48. The van der Waals surface area contributed by atoms with E-state index >= 15 is 0 Å². The average Bonchev–Trinajstić information content (AvgIpc) is 2.77. The number of hydrogen-bond acceptors (Lipinski definition) is 5. The summed E-state index contributed by atoms with van der Waals surface area (Å²) >= 11 is 0. The van der Waals surface area contributed by atoms with Crippen LogP contribution in [-0.2, 0) is 11.3 Å². The maximum absolute atomic E-state index is 12.0. The lowest BCUT2D eigenvalue weighted by Crippen LogP contribution is -2.28. The van der Waals surface area contributed by atoms with E-state index in [0.717, 1.165) is 4.68 Å². The highest BCUT2D eigenvalue weighted by Crippen LogP contribution is 2.00. The Hall–Kier alpha value is -3.03. The van der Waals surface area contributed by atoms with E-state index in [1.165, 1.54) is 23.1 Å². The number of hydrogen-bond donors (Lipinski definition) is 1. The van der Waals surface area contributed by atoms with Gasteiger partial charge >= 0.3 is 5.69 Å². The first-order chi connectivity index (χ1) is 9.74. The summed E-state index contributed by atoms with van der Waals surface area (Å²) in [5, 5.41) is 6.66. The van der Waals surface area contributed by atoms with E-state index in [1.807, 2.05) is 0 Å². The van der Waals surface area contributed by atoms with Gasteiger partial charge in [0, 0.05) is 6.20 Å². The molecule has 100 valence electrons. The monoisotopic (exact) mass is 270 g/mol. The van der Waals surface area contributed by atoms with E-state index < -0.39 is 0 Å². The molecule has 0 radical (unpaired) electrons. The topological polar surface area (TPSA) is 94.2 Å². The van der Waals surface area contributed by atoms with Crippen molar-refractivity contribution in [3.05, 3.63) is 53.6 Å². The van der Waals surface area contributed by atoms with Crippen molar-refractivity contribution >= 4 is 17.2 Å². The summed E-state index contributed by atoms with van der Waals surface area (Å²) in [4.78, 5) is 31.4. The first kappa shape index (κ1) is 12.0. The van der Waals surface area contributed by atoms with Crippen molar-refractivity contribution in [2.24, 2.45) is 0 Å². The Balaban J connectivity index is 1.81. The second-order valence-corrected chi connectivity index (χ2v) is 4.04. The number of nitrogens with zero attached hydrogens (tertiary/aromatic N) is 5. The first-order valence-corrected chi connectivity index (χ1v) is 5.83. The van der Waals surface area contributed by atoms with E-state index in [4.69, 9.17) is 0 Å². The van der Waals surface area contributed by atoms with Crippen LogP contribution in [0.3, 0.4) is 0 Å². The van der Waals surface area contributed by atoms with Crippen LogP contribution in [0.15, 0.2) is 47.9 Å². The number of rotatable bonds is 3. The maximum Gasteiger partial charge on any atom is 0.350 e. The zero-order valence-electron chi connectivity index (χ0n) is 10.3. The van der Waals surface area contributed by atoms with Crippen molar-refractivity contribution < 1.29 is 4.79 Å². The van der Waals surface area contributed by atoms with Gasteiger partial charge in [0.25, 0.3) is 0 Å². The number of fused-ring (bicyclic) bond motifs is 1. The normalized spacial score (nSPS) is 10.6. The lowest BCUT2D eigenvalue weighted by atomic mass is 10.5. The highest BCUT2D eigenvalue weighted by molar-refractivity contribution is 5.90. The van der Waals surface area contributed by atoms with Crippen LogP contribution in [0.5, 0.6) is 0 Å². The van der Waals surface area contributed by atoms with Crippen LogP contribution in [0.1, 0.15) is 0 Å². The van der Waals surface area contributed by atoms with Crippen LogP contribution in [0.25, 0.3) is 5.65 Å². The number of carbonyl (C=O) groups excluding carboxylic acids is 1. The molecular formula is C12H10N6O2. The number of carbonyl (C=O) groups is 1. The second kappa shape index (κ2) is 4.92. The molecule has 0 unspecified atom stereocenters. The SMILES string of the molecule is O=C(Cn1nc2ccccn2c1=O)Nc1cncnc1. The Morgan fingerprint density at radius 1 is 1.25 bits per heavy atom. The average molecular weight is 270 g/mol. The third-order valence-electron chi connectivity index (χ3n) is 2.63. The van der Waals surface area contributed by atoms with Gasteiger partial charge in [-0.2, -0.15) is 0 Å². The largest absolute Gasteiger partial charge is 0.350 e. The van der Waals surface area contributed by atoms with Crippen LogP contribution in [-0.4, -0.2) is 30.1 Å². The fourth-order valence-electron chi connectivity index (χ4n) is 1.77. The Morgan fingerprint density at radius 3 is 2.80 bits per heavy atom. The molecule has 0 aliphatic rings. The Labute approximate surface area is 112 Å². The maximum atomic E-state index is 12.0. The minimum absolute atomic E-state index is 0.171. The van der Waals surface area contributed by atoms with Gasteiger partial charge in [-0.3, -0.25) is 9.20 Å². The zero-order chi connectivity index (χ0) is 13.9. The molecule has 0 aromatic carbocycles. The first-order valence-electron chi connectivity index (χ1n) is 5.83. The molecule has 3 aromatic rings. The van der Waals surface area contributed by atoms with Crippen LogP contribution in [0.2, 0.25) is 0 Å². The van der Waals surface area contributed by atoms with Gasteiger partial charge in [0.2, 0.25) is 5.91 Å². The molecule has 0 fully saturated rings. The van der Waals surface area contributed by atoms with Crippen molar-refractivity contribution in [2.75, 3.05) is 5.32 Å². The van der Waals surface area contributed by atoms with E-state index in [0.29, 0.717) is 11.3 Å². The van der Waals surface area contributed by atoms with E-state index in [1.54, 1.807) is 24.4 Å². The molecular weight excluding hydrogens is 260 g/mol. The smallest absolute Gasteiger partial charge is 0.322 e. The predicted molar refractivity (Wildman–Crippen MR) is 70.1 cm³/mol. The summed E-state index contributed by atoms with van der Waals surface area (Å²) in [5.74, 6) is -0.370. The number of nitrogens with one attached hydrogen (secondary N) is 1. The van der Waals surface area contributed by atoms with Gasteiger partial charge in [0.05, 0.1) is 18.1 Å². The third kappa shape index (κ3) is 2.26. The molecule has 3 aromatic heterocycles. The quantitative estimate of drug-likeness (QED) is 0.718. The molecule has 8 heteroatoms. The van der Waals surface area contributed by atoms with Crippen LogP contribution < -0.4 is 11.0 Å². The molecule has 0 saturated heterocycles. The lowest BCUT2D eigenvalue weighted by molar-refractivity contribution is -0.117. The summed E-state index contributed by atoms with van der Waals surface area (Å²) in [6.45, 7) is -0.171. The summed E-state index contributed by atoms with van der Waals surface area (Å²) in [5.41, 5.74) is 0.600. The zero-order valence-corrected chi connectivity index (χ0v) is 10.3. The minimum Gasteiger partial charge on any atom is -0.322 e. The number of amides is 1. The van der Waals surface area contributed by atoms with Crippen molar-refractivity contribution in [1.29, 1.82) is 0 Å². The molecule has 1 N–H and O–H groups in total. The van der Waals surface area contributed by atoms with Gasteiger partial charge in [-0.25, -0.2) is 19.4 Å². The molecule has 0 spiro atoms. The summed E-state index contributed by atoms with van der Waals surface area (Å²) in [6.07, 6.45) is 5.90. The van der Waals surface area contributed by atoms with Crippen molar-refractivity contribution in [1.82, 2.24) is 24.1 Å². The van der Waals surface area contributed by atoms with Gasteiger partial charge < -0.3 is 5.32 Å². The van der Waals surface area contributed by atoms with E-state index in [2.05, 4.69) is 20.4 Å². The van der Waals surface area contributed by atoms with Crippen LogP contribution in [0, 0.1) is 0 Å². The molecule has 3 rings (SSSR count). The molecule has 8 nitrogen and oxygen atoms in total. The molecule has 20 heavy (non-hydrogen) atoms. The second-order valence-electron chi connectivity index (χ2n) is 4.04. The van der Waals surface area contributed by atoms with Gasteiger partial charge in [0.1, 0.15) is 12.9 Å². The Kier molecular flexibility index (Phi) is 2.96. The molecule has 0 aliphatic carbocycles. The van der Waals surface area contributed by atoms with Gasteiger partial charge in [-0.15, -0.1) is 5.10 Å². The molecule has 0 saturated carbocycles. The molecule has 0 atom stereocenters. The Bertz CT molecular complexity index is 807. The molecule has 3 heterocycles. The highest BCUT2D eigenvalue weighted by Gasteiger charge is 2.10. The standard InChI is InChI=1S/C12H10N6O2/c19-11(15-9-5-13-8-14-6-9)7-18-12(20)17-4-2-1-3-10(17)16-18/h1-6,8H,7H2,(H,15,19). The molecule has 1 amide bonds. The molecule has 0 bridgehead atoms. The van der Waals surface area contributed by atoms with Crippen LogP contribution in [0.4, 0.5) is 5.69 Å². The number of anilines is 1. The Morgan fingerprint density at radius 2 is 2.05 bits per heavy atom. The fourth-order valence-corrected chi connectivity index (χ4v) is 1.77. The van der Waals surface area contributed by atoms with Crippen LogP contribution >= 0.6 is 0 Å². The minimum atomic E-state index is -0.370. The van der Waals surface area contributed by atoms with Crippen molar-refractivity contribution in [3.8, 4) is 0 Å². The van der Waals surface area contributed by atoms with Crippen molar-refractivity contribution in [2.45, 2.75) is 6.54 Å². The summed E-state index contributed by atoms with van der Waals surface area (Å²) in [7, 11) is 0. The van der Waals surface area contributed by atoms with E-state index in [9.17, 15) is 9.59 Å². The van der Waals surface area contributed by atoms with Gasteiger partial charge in [0.15, 0.2) is 5.65 Å². The highest BCUT2D eigenvalue weighted by atomic mass is 16.2. The van der Waals surface area contributed by atoms with Crippen molar-refractivity contribution in [3.63, 3.8) is 0 Å². The molecule has 0 aliphatic heterocycles. The van der Waals surface area contributed by atoms with Gasteiger partial charge in [-0.05, 0) is 12.1 Å². The third-order valence-corrected chi connectivity index (χ3v) is 2.63. The predicted octanol–water partition coefficient (Wildman–Crippen LogP) is -0.0753. The van der Waals surface area contributed by atoms with E-state index in [-0.39, 0.29) is 18.1 Å². The fraction of sp³-hybridized carbons (Fsp3) is 0.0833. The van der Waals surface area contributed by atoms with Gasteiger partial charge in [-0.1, -0.05) is 6.07 Å². The number of pyridine rings is 1. The summed E-state index contributed by atoms with van der Waals surface area (Å²) in [6, 6.07) is 5.19. The number of aromatic nitrogens is 5. The lowest BCUT2D eigenvalue weighted by Gasteiger charge is -2.02.